The average Bonchev–Trinajstić information content (AvgIpc) is 2.79. The summed E-state index contributed by atoms with van der Waals surface area (Å²) < 4.78 is 56.7. The molecule has 0 saturated carbocycles. The molecule has 4 rings (SSSR count). The molecule has 0 aliphatic carbocycles. The second-order valence-corrected chi connectivity index (χ2v) is 9.70. The Morgan fingerprint density at radius 2 is 1.73 bits per heavy atom. The molecule has 10 heteroatoms. The van der Waals surface area contributed by atoms with E-state index in [1.807, 2.05) is 24.3 Å². The van der Waals surface area contributed by atoms with Gasteiger partial charge in [-0.15, -0.1) is 0 Å². The third-order valence-corrected chi connectivity index (χ3v) is 7.42. The molecule has 33 heavy (non-hydrogen) atoms. The van der Waals surface area contributed by atoms with Crippen LogP contribution in [0, 0.1) is 0 Å². The topological polar surface area (TPSA) is 75.7 Å². The first-order valence-electron chi connectivity index (χ1n) is 9.97. The van der Waals surface area contributed by atoms with Gasteiger partial charge >= 0.3 is 6.61 Å². The van der Waals surface area contributed by atoms with Crippen LogP contribution in [0.25, 0.3) is 0 Å². The number of nitrogens with one attached hydrogen (secondary N) is 1. The SMILES string of the molecule is O=C(Nc1ccc(OC(F)F)cc1)c1cc(S(=O)(=O)N2CCc3ccccc3C2)ccc1Cl. The quantitative estimate of drug-likeness (QED) is 0.529. The summed E-state index contributed by atoms with van der Waals surface area (Å²) in [5.74, 6) is -0.694. The Morgan fingerprint density at radius 1 is 1.03 bits per heavy atom. The molecule has 0 aromatic heterocycles. The molecule has 1 aliphatic heterocycles. The summed E-state index contributed by atoms with van der Waals surface area (Å²) in [6.45, 7) is -2.38. The minimum atomic E-state index is -3.86. The van der Waals surface area contributed by atoms with Crippen LogP contribution in [0.3, 0.4) is 0 Å². The van der Waals surface area contributed by atoms with Gasteiger partial charge in [-0.2, -0.15) is 13.1 Å². The largest absolute Gasteiger partial charge is 0.435 e. The summed E-state index contributed by atoms with van der Waals surface area (Å²) in [5.41, 5.74) is 2.34. The van der Waals surface area contributed by atoms with Gasteiger partial charge in [0.05, 0.1) is 15.5 Å². The van der Waals surface area contributed by atoms with Gasteiger partial charge in [-0.1, -0.05) is 35.9 Å². The average molecular weight is 493 g/mol. The molecule has 0 unspecified atom stereocenters. The van der Waals surface area contributed by atoms with Crippen molar-refractivity contribution in [3.8, 4) is 5.75 Å². The van der Waals surface area contributed by atoms with Crippen LogP contribution in [0.1, 0.15) is 21.5 Å². The molecule has 1 aliphatic rings. The Kier molecular flexibility index (Phi) is 6.64. The molecule has 0 atom stereocenters. The Hall–Kier alpha value is -3.01. The molecular weight excluding hydrogens is 474 g/mol. The molecule has 0 saturated heterocycles. The van der Waals surface area contributed by atoms with Crippen LogP contribution in [0.2, 0.25) is 5.02 Å². The third-order valence-electron chi connectivity index (χ3n) is 5.25. The van der Waals surface area contributed by atoms with Crippen molar-refractivity contribution >= 4 is 33.2 Å². The summed E-state index contributed by atoms with van der Waals surface area (Å²) in [5, 5.41) is 2.65. The number of fused-ring (bicyclic) bond motifs is 1. The number of amides is 1. The van der Waals surface area contributed by atoms with E-state index >= 15 is 0 Å². The number of alkyl halides is 2. The van der Waals surface area contributed by atoms with Gasteiger partial charge in [0.2, 0.25) is 10.0 Å². The van der Waals surface area contributed by atoms with E-state index in [2.05, 4.69) is 10.1 Å². The summed E-state index contributed by atoms with van der Waals surface area (Å²) in [4.78, 5) is 12.7. The molecule has 1 amide bonds. The fourth-order valence-corrected chi connectivity index (χ4v) is 5.23. The third kappa shape index (κ3) is 5.16. The lowest BCUT2D eigenvalue weighted by Crippen LogP contribution is -2.36. The van der Waals surface area contributed by atoms with Gasteiger partial charge in [0.15, 0.2) is 0 Å². The van der Waals surface area contributed by atoms with E-state index in [0.717, 1.165) is 11.1 Å². The van der Waals surface area contributed by atoms with E-state index < -0.39 is 22.5 Å². The fraction of sp³-hybridized carbons (Fsp3) is 0.174. The number of nitrogens with zero attached hydrogens (tertiary/aromatic N) is 1. The van der Waals surface area contributed by atoms with E-state index in [4.69, 9.17) is 11.6 Å². The van der Waals surface area contributed by atoms with Crippen molar-refractivity contribution in [2.45, 2.75) is 24.5 Å². The van der Waals surface area contributed by atoms with Gasteiger partial charge in [0, 0.05) is 18.8 Å². The van der Waals surface area contributed by atoms with Crippen molar-refractivity contribution in [3.05, 3.63) is 88.4 Å². The monoisotopic (exact) mass is 492 g/mol. The number of anilines is 1. The fourth-order valence-electron chi connectivity index (χ4n) is 3.58. The van der Waals surface area contributed by atoms with E-state index in [9.17, 15) is 22.0 Å². The number of sulfonamides is 1. The van der Waals surface area contributed by atoms with E-state index in [-0.39, 0.29) is 27.8 Å². The minimum Gasteiger partial charge on any atom is -0.435 e. The lowest BCUT2D eigenvalue weighted by atomic mass is 10.0. The van der Waals surface area contributed by atoms with Crippen LogP contribution < -0.4 is 10.1 Å². The molecule has 0 radical (unpaired) electrons. The van der Waals surface area contributed by atoms with Gasteiger partial charge < -0.3 is 10.1 Å². The highest BCUT2D eigenvalue weighted by atomic mass is 35.5. The minimum absolute atomic E-state index is 0.0249. The zero-order valence-corrected chi connectivity index (χ0v) is 18.7. The summed E-state index contributed by atoms with van der Waals surface area (Å²) in [7, 11) is -3.86. The zero-order valence-electron chi connectivity index (χ0n) is 17.2. The smallest absolute Gasteiger partial charge is 0.387 e. The molecule has 3 aromatic carbocycles. The van der Waals surface area contributed by atoms with Gasteiger partial charge in [0.1, 0.15) is 5.75 Å². The number of carbonyl (C=O) groups excluding carboxylic acids is 1. The summed E-state index contributed by atoms with van der Waals surface area (Å²) in [6, 6.07) is 17.0. The summed E-state index contributed by atoms with van der Waals surface area (Å²) in [6.07, 6.45) is 0.599. The number of hydrogen-bond acceptors (Lipinski definition) is 4. The second kappa shape index (κ2) is 9.46. The van der Waals surface area contributed by atoms with Gasteiger partial charge in [-0.05, 0) is 60.0 Å². The number of halogens is 3. The molecular formula is C23H19ClF2N2O4S. The molecule has 1 heterocycles. The zero-order chi connectivity index (χ0) is 23.6. The first-order valence-corrected chi connectivity index (χ1v) is 11.8. The van der Waals surface area contributed by atoms with Gasteiger partial charge in [0.25, 0.3) is 5.91 Å². The van der Waals surface area contributed by atoms with Crippen molar-refractivity contribution in [1.29, 1.82) is 0 Å². The highest BCUT2D eigenvalue weighted by Crippen LogP contribution is 2.28. The van der Waals surface area contributed by atoms with Crippen LogP contribution in [-0.2, 0) is 23.0 Å². The predicted molar refractivity (Wildman–Crippen MR) is 120 cm³/mol. The molecule has 0 fully saturated rings. The lowest BCUT2D eigenvalue weighted by molar-refractivity contribution is -0.0498. The Labute approximate surface area is 194 Å². The van der Waals surface area contributed by atoms with E-state index in [0.29, 0.717) is 18.7 Å². The molecule has 0 bridgehead atoms. The van der Waals surface area contributed by atoms with Crippen molar-refractivity contribution < 1.29 is 26.7 Å². The number of benzene rings is 3. The molecule has 3 aromatic rings. The second-order valence-electron chi connectivity index (χ2n) is 7.36. The van der Waals surface area contributed by atoms with Gasteiger partial charge in [-0.25, -0.2) is 8.42 Å². The standard InChI is InChI=1S/C23H19ClF2N2O4S/c24-21-10-9-19(33(30,31)28-12-11-15-3-1-2-4-16(15)14-28)13-20(21)22(29)27-17-5-7-18(8-6-17)32-23(25)26/h1-10,13,23H,11-12,14H2,(H,27,29). The van der Waals surface area contributed by atoms with E-state index in [1.54, 1.807) is 0 Å². The normalized spacial score (nSPS) is 14.1. The highest BCUT2D eigenvalue weighted by molar-refractivity contribution is 7.89. The Morgan fingerprint density at radius 3 is 2.42 bits per heavy atom. The summed E-state index contributed by atoms with van der Waals surface area (Å²) >= 11 is 6.17. The van der Waals surface area contributed by atoms with Crippen LogP contribution in [0.4, 0.5) is 14.5 Å². The number of ether oxygens (including phenoxy) is 1. The van der Waals surface area contributed by atoms with Crippen LogP contribution in [0.5, 0.6) is 5.75 Å². The van der Waals surface area contributed by atoms with Crippen LogP contribution in [-0.4, -0.2) is 31.8 Å². The van der Waals surface area contributed by atoms with Crippen molar-refractivity contribution in [1.82, 2.24) is 4.31 Å². The first kappa shape index (κ1) is 23.2. The van der Waals surface area contributed by atoms with Gasteiger partial charge in [-0.3, -0.25) is 4.79 Å². The number of rotatable bonds is 6. The van der Waals surface area contributed by atoms with Crippen molar-refractivity contribution in [2.75, 3.05) is 11.9 Å². The molecule has 172 valence electrons. The lowest BCUT2D eigenvalue weighted by Gasteiger charge is -2.28. The Bertz CT molecular complexity index is 1280. The Balaban J connectivity index is 1.54. The molecule has 6 nitrogen and oxygen atoms in total. The number of hydrogen-bond donors (Lipinski definition) is 1. The van der Waals surface area contributed by atoms with E-state index in [1.165, 1.54) is 46.8 Å². The molecule has 0 spiro atoms. The van der Waals surface area contributed by atoms with Crippen molar-refractivity contribution in [3.63, 3.8) is 0 Å². The maximum absolute atomic E-state index is 13.2. The number of carbonyl (C=O) groups is 1. The van der Waals surface area contributed by atoms with Crippen molar-refractivity contribution in [2.24, 2.45) is 0 Å². The first-order chi connectivity index (χ1) is 15.7. The predicted octanol–water partition coefficient (Wildman–Crippen LogP) is 4.94. The molecule has 1 N–H and O–H groups in total. The maximum Gasteiger partial charge on any atom is 0.387 e. The van der Waals surface area contributed by atoms with Crippen LogP contribution >= 0.6 is 11.6 Å². The highest BCUT2D eigenvalue weighted by Gasteiger charge is 2.29. The maximum atomic E-state index is 13.2. The van der Waals surface area contributed by atoms with Crippen LogP contribution in [0.15, 0.2) is 71.6 Å².